The second kappa shape index (κ2) is 4.81. The predicted octanol–water partition coefficient (Wildman–Crippen LogP) is 1.65. The Balaban J connectivity index is 2.75. The van der Waals surface area contributed by atoms with Crippen molar-refractivity contribution in [2.75, 3.05) is 0 Å². The second-order valence-corrected chi connectivity index (χ2v) is 3.71. The fourth-order valence-electron chi connectivity index (χ4n) is 1.16. The number of rotatable bonds is 4. The second-order valence-electron chi connectivity index (χ2n) is 3.71. The van der Waals surface area contributed by atoms with Crippen LogP contribution < -0.4 is 0 Å². The number of hydrogen-bond donors (Lipinski definition) is 2. The van der Waals surface area contributed by atoms with E-state index in [4.69, 9.17) is 0 Å². The van der Waals surface area contributed by atoms with Gasteiger partial charge in [-0.2, -0.15) is 0 Å². The van der Waals surface area contributed by atoms with Gasteiger partial charge >= 0.3 is 0 Å². The summed E-state index contributed by atoms with van der Waals surface area (Å²) in [5.41, 5.74) is 5.33. The highest BCUT2D eigenvalue weighted by atomic mass is 16.3. The van der Waals surface area contributed by atoms with Gasteiger partial charge in [0.1, 0.15) is 11.3 Å². The van der Waals surface area contributed by atoms with E-state index in [9.17, 15) is 15.0 Å². The number of aliphatic hydroxyl groups is 2. The topological polar surface area (TPSA) is 57.5 Å². The molecule has 0 bridgehead atoms. The van der Waals surface area contributed by atoms with Gasteiger partial charge in [0.05, 0.1) is 6.10 Å². The molecular weight excluding hydrogens is 192 g/mol. The summed E-state index contributed by atoms with van der Waals surface area (Å²) in [6, 6.07) is 0. The number of allylic oxidation sites excluding steroid dienone is 3. The van der Waals surface area contributed by atoms with Crippen LogP contribution in [0.1, 0.15) is 20.3 Å². The molecular formula is C12H14O3. The molecule has 0 amide bonds. The first kappa shape index (κ1) is 11.5. The maximum atomic E-state index is 11.7. The SMILES string of the molecule is CC(O)C(C)CC(=O)C1=C=C=CC=C1O. The van der Waals surface area contributed by atoms with Crippen molar-refractivity contribution >= 4 is 5.78 Å². The Bertz CT molecular complexity index is 389. The monoisotopic (exact) mass is 206 g/mol. The van der Waals surface area contributed by atoms with Gasteiger partial charge in [0, 0.05) is 6.42 Å². The Kier molecular flexibility index (Phi) is 3.70. The summed E-state index contributed by atoms with van der Waals surface area (Å²) in [6.07, 6.45) is 2.55. The van der Waals surface area contributed by atoms with Gasteiger partial charge in [0.15, 0.2) is 5.78 Å². The molecule has 0 saturated carbocycles. The van der Waals surface area contributed by atoms with Crippen molar-refractivity contribution in [1.29, 1.82) is 0 Å². The first-order valence-corrected chi connectivity index (χ1v) is 4.85. The summed E-state index contributed by atoms with van der Waals surface area (Å²) in [5.74, 6) is -0.445. The highest BCUT2D eigenvalue weighted by molar-refractivity contribution is 5.99. The van der Waals surface area contributed by atoms with Gasteiger partial charge < -0.3 is 10.2 Å². The molecule has 2 unspecified atom stereocenters. The van der Waals surface area contributed by atoms with Gasteiger partial charge in [-0.15, -0.1) is 0 Å². The van der Waals surface area contributed by atoms with Crippen LogP contribution in [-0.2, 0) is 4.79 Å². The van der Waals surface area contributed by atoms with E-state index in [0.717, 1.165) is 0 Å². The Morgan fingerprint density at radius 3 is 2.73 bits per heavy atom. The Labute approximate surface area is 88.7 Å². The molecule has 0 radical (unpaired) electrons. The number of Topliss-reactive ketones (excluding diaryl/α,β-unsaturated/α-hetero) is 1. The number of hydrogen-bond acceptors (Lipinski definition) is 3. The minimum absolute atomic E-state index is 0.0865. The predicted molar refractivity (Wildman–Crippen MR) is 56.3 cm³/mol. The molecule has 1 rings (SSSR count). The third-order valence-corrected chi connectivity index (χ3v) is 2.39. The number of carbonyl (C=O) groups excluding carboxylic acids is 1. The van der Waals surface area contributed by atoms with Gasteiger partial charge in [0.2, 0.25) is 0 Å². The molecule has 0 heterocycles. The number of carbonyl (C=O) groups is 1. The zero-order chi connectivity index (χ0) is 11.4. The van der Waals surface area contributed by atoms with Gasteiger partial charge in [-0.1, -0.05) is 18.4 Å². The van der Waals surface area contributed by atoms with E-state index in [-0.39, 0.29) is 29.5 Å². The Morgan fingerprint density at radius 2 is 2.20 bits per heavy atom. The molecule has 15 heavy (non-hydrogen) atoms. The smallest absolute Gasteiger partial charge is 0.175 e. The zero-order valence-electron chi connectivity index (χ0n) is 8.82. The first-order valence-electron chi connectivity index (χ1n) is 4.85. The molecule has 0 aromatic carbocycles. The first-order chi connectivity index (χ1) is 7.02. The lowest BCUT2D eigenvalue weighted by Crippen LogP contribution is -2.18. The standard InChI is InChI=1S/C12H14O3/c1-8(9(2)13)7-12(15)10-5-3-4-6-11(10)14/h4,6,8-9,13-14H,7H2,1-2H3. The lowest BCUT2D eigenvalue weighted by molar-refractivity contribution is -0.117. The molecule has 0 saturated heterocycles. The van der Waals surface area contributed by atoms with Crippen LogP contribution in [0.2, 0.25) is 0 Å². The average molecular weight is 206 g/mol. The third-order valence-electron chi connectivity index (χ3n) is 2.39. The zero-order valence-corrected chi connectivity index (χ0v) is 8.82. The molecule has 80 valence electrons. The summed E-state index contributed by atoms with van der Waals surface area (Å²) in [5, 5.41) is 18.7. The third kappa shape index (κ3) is 2.97. The van der Waals surface area contributed by atoms with Crippen LogP contribution in [0, 0.1) is 5.92 Å². The molecule has 1 aliphatic carbocycles. The number of ketones is 1. The van der Waals surface area contributed by atoms with E-state index < -0.39 is 6.10 Å². The van der Waals surface area contributed by atoms with Crippen molar-refractivity contribution in [3.05, 3.63) is 34.9 Å². The molecule has 3 heteroatoms. The molecule has 2 atom stereocenters. The molecule has 0 aromatic heterocycles. The summed E-state index contributed by atoms with van der Waals surface area (Å²) < 4.78 is 0. The lowest BCUT2D eigenvalue weighted by Gasteiger charge is -2.13. The van der Waals surface area contributed by atoms with E-state index in [1.54, 1.807) is 13.8 Å². The van der Waals surface area contributed by atoms with Gasteiger partial charge in [0.25, 0.3) is 0 Å². The molecule has 0 aromatic rings. The van der Waals surface area contributed by atoms with Gasteiger partial charge in [-0.05, 0) is 25.0 Å². The molecule has 0 spiro atoms. The summed E-state index contributed by atoms with van der Waals surface area (Å²) in [6.45, 7) is 3.42. The highest BCUT2D eigenvalue weighted by Crippen LogP contribution is 2.16. The summed E-state index contributed by atoms with van der Waals surface area (Å²) in [7, 11) is 0. The van der Waals surface area contributed by atoms with Crippen LogP contribution in [0.4, 0.5) is 0 Å². The van der Waals surface area contributed by atoms with E-state index in [1.807, 2.05) is 0 Å². The van der Waals surface area contributed by atoms with Crippen molar-refractivity contribution < 1.29 is 15.0 Å². The normalized spacial score (nSPS) is 18.1. The van der Waals surface area contributed by atoms with Crippen molar-refractivity contribution in [3.8, 4) is 0 Å². The maximum Gasteiger partial charge on any atom is 0.175 e. The van der Waals surface area contributed by atoms with Crippen LogP contribution in [-0.4, -0.2) is 22.1 Å². The summed E-state index contributed by atoms with van der Waals surface area (Å²) in [4.78, 5) is 11.7. The molecule has 2 N–H and O–H groups in total. The molecule has 0 fully saturated rings. The van der Waals surface area contributed by atoms with Crippen LogP contribution >= 0.6 is 0 Å². The van der Waals surface area contributed by atoms with Crippen molar-refractivity contribution in [2.24, 2.45) is 5.92 Å². The maximum absolute atomic E-state index is 11.7. The Hall–Kier alpha value is -1.53. The quantitative estimate of drug-likeness (QED) is 0.688. The van der Waals surface area contributed by atoms with Gasteiger partial charge in [-0.3, -0.25) is 4.79 Å². The van der Waals surface area contributed by atoms with E-state index in [0.29, 0.717) is 0 Å². The summed E-state index contributed by atoms with van der Waals surface area (Å²) >= 11 is 0. The fourth-order valence-corrected chi connectivity index (χ4v) is 1.16. The minimum atomic E-state index is -0.538. The van der Waals surface area contributed by atoms with Crippen molar-refractivity contribution in [3.63, 3.8) is 0 Å². The Morgan fingerprint density at radius 1 is 1.53 bits per heavy atom. The van der Waals surface area contributed by atoms with E-state index in [2.05, 4.69) is 11.5 Å². The van der Waals surface area contributed by atoms with E-state index in [1.165, 1.54) is 12.2 Å². The van der Waals surface area contributed by atoms with Crippen LogP contribution in [0.5, 0.6) is 0 Å². The highest BCUT2D eigenvalue weighted by Gasteiger charge is 2.19. The van der Waals surface area contributed by atoms with E-state index >= 15 is 0 Å². The average Bonchev–Trinajstić information content (AvgIpc) is 2.18. The van der Waals surface area contributed by atoms with Crippen LogP contribution in [0.3, 0.4) is 0 Å². The molecule has 3 nitrogen and oxygen atoms in total. The van der Waals surface area contributed by atoms with Crippen molar-refractivity contribution in [2.45, 2.75) is 26.4 Å². The van der Waals surface area contributed by atoms with Crippen LogP contribution in [0.15, 0.2) is 34.9 Å². The van der Waals surface area contributed by atoms with Crippen LogP contribution in [0.25, 0.3) is 0 Å². The molecule has 0 aliphatic heterocycles. The molecule has 1 aliphatic rings. The fraction of sp³-hybridized carbons (Fsp3) is 0.417. The van der Waals surface area contributed by atoms with Crippen molar-refractivity contribution in [1.82, 2.24) is 0 Å². The largest absolute Gasteiger partial charge is 0.506 e. The lowest BCUT2D eigenvalue weighted by atomic mass is 9.95. The minimum Gasteiger partial charge on any atom is -0.506 e. The number of aliphatic hydroxyl groups excluding tert-OH is 2. The van der Waals surface area contributed by atoms with Gasteiger partial charge in [-0.25, -0.2) is 0 Å².